The number of hydrogen-bond acceptors (Lipinski definition) is 3. The van der Waals surface area contributed by atoms with Gasteiger partial charge in [-0.05, 0) is 36.4 Å². The summed E-state index contributed by atoms with van der Waals surface area (Å²) in [5, 5.41) is 4.61. The smallest absolute Gasteiger partial charge is 0.262 e. The lowest BCUT2D eigenvalue weighted by atomic mass is 10.1. The van der Waals surface area contributed by atoms with Gasteiger partial charge in [0, 0.05) is 0 Å². The minimum atomic E-state index is -1.19. The number of hydrogen-bond donors (Lipinski definition) is 2. The molecule has 0 radical (unpaired) electrons. The summed E-state index contributed by atoms with van der Waals surface area (Å²) in [4.78, 5) is 24.4. The fourth-order valence-electron chi connectivity index (χ4n) is 2.46. The van der Waals surface area contributed by atoms with Crippen LogP contribution >= 0.6 is 0 Å². The van der Waals surface area contributed by atoms with Crippen molar-refractivity contribution >= 4 is 23.2 Å². The van der Waals surface area contributed by atoms with Crippen molar-refractivity contribution in [3.63, 3.8) is 0 Å². The molecule has 0 fully saturated rings. The molecular formula is C21H15F3N2O3. The minimum absolute atomic E-state index is 0.00583. The summed E-state index contributed by atoms with van der Waals surface area (Å²) in [6.45, 7) is -0.493. The number of nitrogens with one attached hydrogen (secondary N) is 2. The van der Waals surface area contributed by atoms with Crippen LogP contribution in [0.15, 0.2) is 66.7 Å². The van der Waals surface area contributed by atoms with Crippen LogP contribution in [-0.4, -0.2) is 18.4 Å². The van der Waals surface area contributed by atoms with Gasteiger partial charge in [0.2, 0.25) is 0 Å². The lowest BCUT2D eigenvalue weighted by Gasteiger charge is -2.12. The molecule has 0 unspecified atom stereocenters. The van der Waals surface area contributed by atoms with E-state index in [-0.39, 0.29) is 22.7 Å². The molecule has 0 bridgehead atoms. The first-order valence-electron chi connectivity index (χ1n) is 8.47. The number of para-hydroxylation sites is 2. The van der Waals surface area contributed by atoms with Gasteiger partial charge in [0.1, 0.15) is 11.6 Å². The highest BCUT2D eigenvalue weighted by molar-refractivity contribution is 6.06. The SMILES string of the molecule is O=C(COc1ccccc1C(=O)Nc1cccc(F)c1F)Nc1ccccc1F. The summed E-state index contributed by atoms with van der Waals surface area (Å²) < 4.78 is 46.0. The topological polar surface area (TPSA) is 67.4 Å². The van der Waals surface area contributed by atoms with E-state index in [0.717, 1.165) is 6.07 Å². The third kappa shape index (κ3) is 4.92. The Morgan fingerprint density at radius 2 is 1.41 bits per heavy atom. The Kier molecular flexibility index (Phi) is 6.13. The van der Waals surface area contributed by atoms with Crippen LogP contribution in [0.25, 0.3) is 0 Å². The highest BCUT2D eigenvalue weighted by Gasteiger charge is 2.17. The number of anilines is 2. The summed E-state index contributed by atoms with van der Waals surface area (Å²) >= 11 is 0. The molecule has 0 saturated heterocycles. The first kappa shape index (κ1) is 19.9. The zero-order valence-corrected chi connectivity index (χ0v) is 14.9. The van der Waals surface area contributed by atoms with Gasteiger partial charge in [-0.15, -0.1) is 0 Å². The largest absolute Gasteiger partial charge is 0.483 e. The van der Waals surface area contributed by atoms with E-state index in [2.05, 4.69) is 10.6 Å². The number of amides is 2. The van der Waals surface area contributed by atoms with Crippen molar-refractivity contribution in [2.75, 3.05) is 17.2 Å². The summed E-state index contributed by atoms with van der Waals surface area (Å²) in [5.74, 6) is -4.23. The van der Waals surface area contributed by atoms with Crippen LogP contribution in [0.5, 0.6) is 5.75 Å². The number of benzene rings is 3. The first-order chi connectivity index (χ1) is 14.0. The average molecular weight is 400 g/mol. The monoisotopic (exact) mass is 400 g/mol. The second-order valence-corrected chi connectivity index (χ2v) is 5.87. The third-order valence-corrected chi connectivity index (χ3v) is 3.84. The molecule has 5 nitrogen and oxygen atoms in total. The first-order valence-corrected chi connectivity index (χ1v) is 8.47. The van der Waals surface area contributed by atoms with E-state index in [1.54, 1.807) is 18.2 Å². The maximum atomic E-state index is 13.8. The maximum Gasteiger partial charge on any atom is 0.262 e. The van der Waals surface area contributed by atoms with Crippen LogP contribution in [0, 0.1) is 17.5 Å². The summed E-state index contributed by atoms with van der Waals surface area (Å²) in [6.07, 6.45) is 0. The number of carbonyl (C=O) groups is 2. The van der Waals surface area contributed by atoms with Gasteiger partial charge >= 0.3 is 0 Å². The lowest BCUT2D eigenvalue weighted by molar-refractivity contribution is -0.118. The molecule has 0 atom stereocenters. The molecule has 0 saturated carbocycles. The molecule has 3 aromatic carbocycles. The van der Waals surface area contributed by atoms with Gasteiger partial charge in [0.25, 0.3) is 11.8 Å². The average Bonchev–Trinajstić information content (AvgIpc) is 2.72. The Balaban J connectivity index is 1.68. The Labute approximate surface area is 164 Å². The zero-order valence-electron chi connectivity index (χ0n) is 14.9. The fourth-order valence-corrected chi connectivity index (χ4v) is 2.46. The molecule has 3 aromatic rings. The molecule has 0 spiro atoms. The Morgan fingerprint density at radius 3 is 2.21 bits per heavy atom. The summed E-state index contributed by atoms with van der Waals surface area (Å²) in [7, 11) is 0. The van der Waals surface area contributed by atoms with Crippen molar-refractivity contribution in [2.24, 2.45) is 0 Å². The van der Waals surface area contributed by atoms with E-state index in [1.165, 1.54) is 42.5 Å². The van der Waals surface area contributed by atoms with E-state index >= 15 is 0 Å². The number of halogens is 3. The predicted molar refractivity (Wildman–Crippen MR) is 101 cm³/mol. The molecule has 0 aliphatic carbocycles. The Hall–Kier alpha value is -3.81. The van der Waals surface area contributed by atoms with Crippen molar-refractivity contribution in [1.82, 2.24) is 0 Å². The summed E-state index contributed by atoms with van der Waals surface area (Å²) in [5.41, 5.74) is -0.328. The van der Waals surface area contributed by atoms with E-state index in [9.17, 15) is 22.8 Å². The Bertz CT molecular complexity index is 1060. The third-order valence-electron chi connectivity index (χ3n) is 3.84. The van der Waals surface area contributed by atoms with Gasteiger partial charge in [-0.2, -0.15) is 0 Å². The fraction of sp³-hybridized carbons (Fsp3) is 0.0476. The van der Waals surface area contributed by atoms with Crippen LogP contribution in [0.3, 0.4) is 0 Å². The highest BCUT2D eigenvalue weighted by atomic mass is 19.2. The molecule has 8 heteroatoms. The molecule has 2 amide bonds. The maximum absolute atomic E-state index is 13.8. The van der Waals surface area contributed by atoms with E-state index < -0.39 is 35.9 Å². The van der Waals surface area contributed by atoms with Gasteiger partial charge in [-0.1, -0.05) is 30.3 Å². The minimum Gasteiger partial charge on any atom is -0.483 e. The van der Waals surface area contributed by atoms with E-state index in [0.29, 0.717) is 0 Å². The number of rotatable bonds is 6. The molecule has 0 heterocycles. The van der Waals surface area contributed by atoms with E-state index in [4.69, 9.17) is 4.74 Å². The molecule has 3 rings (SSSR count). The molecule has 148 valence electrons. The van der Waals surface area contributed by atoms with Crippen molar-refractivity contribution in [3.05, 3.63) is 89.7 Å². The van der Waals surface area contributed by atoms with Gasteiger partial charge in [-0.25, -0.2) is 13.2 Å². The van der Waals surface area contributed by atoms with Crippen LogP contribution in [0.1, 0.15) is 10.4 Å². The van der Waals surface area contributed by atoms with Crippen LogP contribution in [0.4, 0.5) is 24.5 Å². The van der Waals surface area contributed by atoms with Gasteiger partial charge in [0.05, 0.1) is 16.9 Å². The van der Waals surface area contributed by atoms with Crippen molar-refractivity contribution < 1.29 is 27.5 Å². The van der Waals surface area contributed by atoms with Crippen molar-refractivity contribution in [3.8, 4) is 5.75 Å². The van der Waals surface area contributed by atoms with Gasteiger partial charge in [0.15, 0.2) is 18.2 Å². The number of carbonyl (C=O) groups excluding carboxylic acids is 2. The van der Waals surface area contributed by atoms with E-state index in [1.807, 2.05) is 0 Å². The standard InChI is InChI=1S/C21H15F3N2O3/c22-14-7-2-3-9-16(14)25-19(27)12-29-18-11-4-1-6-13(18)21(28)26-17-10-5-8-15(23)20(17)24/h1-11H,12H2,(H,25,27)(H,26,28). The Morgan fingerprint density at radius 1 is 0.759 bits per heavy atom. The molecule has 0 aliphatic heterocycles. The molecule has 0 aliphatic rings. The molecular weight excluding hydrogens is 385 g/mol. The lowest BCUT2D eigenvalue weighted by Crippen LogP contribution is -2.22. The zero-order chi connectivity index (χ0) is 20.8. The predicted octanol–water partition coefficient (Wildman–Crippen LogP) is 4.37. The van der Waals surface area contributed by atoms with Crippen LogP contribution < -0.4 is 15.4 Å². The van der Waals surface area contributed by atoms with Gasteiger partial charge < -0.3 is 15.4 Å². The quantitative estimate of drug-likeness (QED) is 0.646. The molecule has 2 N–H and O–H groups in total. The van der Waals surface area contributed by atoms with Gasteiger partial charge in [-0.3, -0.25) is 9.59 Å². The van der Waals surface area contributed by atoms with Crippen LogP contribution in [0.2, 0.25) is 0 Å². The number of ether oxygens (including phenoxy) is 1. The highest BCUT2D eigenvalue weighted by Crippen LogP contribution is 2.22. The summed E-state index contributed by atoms with van der Waals surface area (Å²) in [6, 6.07) is 15.0. The van der Waals surface area contributed by atoms with Crippen molar-refractivity contribution in [1.29, 1.82) is 0 Å². The van der Waals surface area contributed by atoms with Crippen LogP contribution in [-0.2, 0) is 4.79 Å². The molecule has 29 heavy (non-hydrogen) atoms. The normalized spacial score (nSPS) is 10.3. The second-order valence-electron chi connectivity index (χ2n) is 5.87. The second kappa shape index (κ2) is 8.92. The van der Waals surface area contributed by atoms with Crippen molar-refractivity contribution in [2.45, 2.75) is 0 Å². The molecule has 0 aromatic heterocycles.